The van der Waals surface area contributed by atoms with Crippen molar-refractivity contribution < 1.29 is 4.79 Å². The molecule has 0 radical (unpaired) electrons. The highest BCUT2D eigenvalue weighted by Crippen LogP contribution is 2.26. The van der Waals surface area contributed by atoms with E-state index in [0.29, 0.717) is 6.04 Å². The molecule has 0 spiro atoms. The van der Waals surface area contributed by atoms with Crippen molar-refractivity contribution in [1.82, 2.24) is 14.5 Å². The second-order valence-electron chi connectivity index (χ2n) is 5.43. The van der Waals surface area contributed by atoms with E-state index >= 15 is 0 Å². The van der Waals surface area contributed by atoms with E-state index in [2.05, 4.69) is 41.3 Å². The number of imidazole rings is 1. The van der Waals surface area contributed by atoms with Gasteiger partial charge in [0.05, 0.1) is 23.4 Å². The number of rotatable bonds is 2. The Bertz CT molecular complexity index is 659. The lowest BCUT2D eigenvalue weighted by atomic mass is 10.0. The first-order valence-electron chi connectivity index (χ1n) is 7.03. The van der Waals surface area contributed by atoms with E-state index in [0.717, 1.165) is 37.0 Å². The third-order valence-electron chi connectivity index (χ3n) is 4.01. The maximum absolute atomic E-state index is 11.8. The van der Waals surface area contributed by atoms with Crippen LogP contribution >= 0.6 is 0 Å². The van der Waals surface area contributed by atoms with Crippen molar-refractivity contribution in [3.05, 3.63) is 42.7 Å². The van der Waals surface area contributed by atoms with Gasteiger partial charge in [-0.1, -0.05) is 12.6 Å². The summed E-state index contributed by atoms with van der Waals surface area (Å²) in [5, 5.41) is 0. The van der Waals surface area contributed by atoms with Crippen LogP contribution in [0.1, 0.15) is 24.4 Å². The van der Waals surface area contributed by atoms with Gasteiger partial charge >= 0.3 is 0 Å². The molecular formula is C16H19N3O. The van der Waals surface area contributed by atoms with E-state index in [1.807, 2.05) is 11.2 Å². The van der Waals surface area contributed by atoms with Crippen molar-refractivity contribution in [2.75, 3.05) is 13.1 Å². The topological polar surface area (TPSA) is 38.1 Å². The Morgan fingerprint density at radius 3 is 3.15 bits per heavy atom. The molecule has 0 N–H and O–H groups in total. The average molecular weight is 269 g/mol. The zero-order chi connectivity index (χ0) is 14.1. The molecule has 0 saturated carbocycles. The van der Waals surface area contributed by atoms with E-state index in [9.17, 15) is 4.79 Å². The summed E-state index contributed by atoms with van der Waals surface area (Å²) in [7, 11) is 0. The normalized spacial score (nSPS) is 19.2. The van der Waals surface area contributed by atoms with E-state index in [1.54, 1.807) is 0 Å². The molecule has 0 aliphatic carbocycles. The Hall–Kier alpha value is -2.10. The number of piperidine rings is 1. The smallest absolute Gasteiger partial charge is 0.246 e. The number of hydrogen-bond acceptors (Lipinski definition) is 2. The molecule has 1 amide bonds. The summed E-state index contributed by atoms with van der Waals surface area (Å²) in [6.07, 6.45) is 5.41. The van der Waals surface area contributed by atoms with E-state index < -0.39 is 0 Å². The fourth-order valence-corrected chi connectivity index (χ4v) is 2.94. The summed E-state index contributed by atoms with van der Waals surface area (Å²) in [5.74, 6) is 0.0231. The number of likely N-dealkylation sites (tertiary alicyclic amines) is 1. The maximum atomic E-state index is 11.8. The molecule has 1 aliphatic heterocycles. The lowest BCUT2D eigenvalue weighted by molar-refractivity contribution is -0.127. The Kier molecular flexibility index (Phi) is 3.30. The SMILES string of the molecule is C=CC(=O)N1CCC[C@@H](n2cnc3cc(C)ccc32)C1. The summed E-state index contributed by atoms with van der Waals surface area (Å²) >= 11 is 0. The molecule has 2 aromatic rings. The molecule has 1 fully saturated rings. The molecule has 104 valence electrons. The molecule has 2 heterocycles. The quantitative estimate of drug-likeness (QED) is 0.786. The van der Waals surface area contributed by atoms with Gasteiger partial charge in [0.15, 0.2) is 0 Å². The molecule has 1 aromatic heterocycles. The summed E-state index contributed by atoms with van der Waals surface area (Å²) in [6, 6.07) is 6.63. The van der Waals surface area contributed by atoms with Crippen LogP contribution in [0.15, 0.2) is 37.2 Å². The molecule has 1 aliphatic rings. The highest BCUT2D eigenvalue weighted by atomic mass is 16.2. The molecule has 20 heavy (non-hydrogen) atoms. The lowest BCUT2D eigenvalue weighted by Gasteiger charge is -2.33. The number of nitrogens with zero attached hydrogens (tertiary/aromatic N) is 3. The van der Waals surface area contributed by atoms with Gasteiger partial charge in [0.1, 0.15) is 0 Å². The highest BCUT2D eigenvalue weighted by molar-refractivity contribution is 5.87. The monoisotopic (exact) mass is 269 g/mol. The number of fused-ring (bicyclic) bond motifs is 1. The molecule has 1 saturated heterocycles. The van der Waals surface area contributed by atoms with Crippen LogP contribution in [0.5, 0.6) is 0 Å². The molecule has 1 aromatic carbocycles. The van der Waals surface area contributed by atoms with Crippen LogP contribution < -0.4 is 0 Å². The fourth-order valence-electron chi connectivity index (χ4n) is 2.94. The van der Waals surface area contributed by atoms with Crippen LogP contribution in [-0.4, -0.2) is 33.4 Å². The van der Waals surface area contributed by atoms with Gasteiger partial charge in [-0.25, -0.2) is 4.98 Å². The molecule has 4 heteroatoms. The molecule has 0 bridgehead atoms. The van der Waals surface area contributed by atoms with Gasteiger partial charge in [-0.15, -0.1) is 0 Å². The second kappa shape index (κ2) is 5.12. The molecule has 4 nitrogen and oxygen atoms in total. The highest BCUT2D eigenvalue weighted by Gasteiger charge is 2.24. The van der Waals surface area contributed by atoms with Crippen molar-refractivity contribution in [2.24, 2.45) is 0 Å². The van der Waals surface area contributed by atoms with Gasteiger partial charge in [0.25, 0.3) is 0 Å². The van der Waals surface area contributed by atoms with Gasteiger partial charge in [-0.05, 0) is 43.5 Å². The number of amides is 1. The molecule has 1 atom stereocenters. The standard InChI is InChI=1S/C16H19N3O/c1-3-16(20)18-8-4-5-13(10-18)19-11-17-14-9-12(2)6-7-15(14)19/h3,6-7,9,11,13H,1,4-5,8,10H2,2H3/t13-/m1/s1. The van der Waals surface area contributed by atoms with Crippen LogP contribution in [0.4, 0.5) is 0 Å². The Morgan fingerprint density at radius 1 is 1.50 bits per heavy atom. The van der Waals surface area contributed by atoms with E-state index in [4.69, 9.17) is 0 Å². The minimum Gasteiger partial charge on any atom is -0.337 e. The maximum Gasteiger partial charge on any atom is 0.246 e. The van der Waals surface area contributed by atoms with E-state index in [-0.39, 0.29) is 5.91 Å². The number of aryl methyl sites for hydroxylation is 1. The Balaban J connectivity index is 1.90. The van der Waals surface area contributed by atoms with Crippen molar-refractivity contribution in [3.8, 4) is 0 Å². The number of benzene rings is 1. The minimum absolute atomic E-state index is 0.0231. The van der Waals surface area contributed by atoms with Crippen molar-refractivity contribution in [3.63, 3.8) is 0 Å². The van der Waals surface area contributed by atoms with Crippen LogP contribution in [0.25, 0.3) is 11.0 Å². The van der Waals surface area contributed by atoms with Gasteiger partial charge < -0.3 is 9.47 Å². The van der Waals surface area contributed by atoms with Gasteiger partial charge in [0, 0.05) is 13.1 Å². The second-order valence-corrected chi connectivity index (χ2v) is 5.43. The molecular weight excluding hydrogens is 250 g/mol. The number of hydrogen-bond donors (Lipinski definition) is 0. The fraction of sp³-hybridized carbons (Fsp3) is 0.375. The Labute approximate surface area is 118 Å². The molecule has 0 unspecified atom stereocenters. The predicted molar refractivity (Wildman–Crippen MR) is 79.5 cm³/mol. The zero-order valence-electron chi connectivity index (χ0n) is 11.7. The first-order valence-corrected chi connectivity index (χ1v) is 7.03. The van der Waals surface area contributed by atoms with Crippen molar-refractivity contribution >= 4 is 16.9 Å². The van der Waals surface area contributed by atoms with Crippen LogP contribution in [-0.2, 0) is 4.79 Å². The largest absolute Gasteiger partial charge is 0.337 e. The number of carbonyl (C=O) groups excluding carboxylic acids is 1. The Morgan fingerprint density at radius 2 is 2.35 bits per heavy atom. The van der Waals surface area contributed by atoms with Crippen molar-refractivity contribution in [1.29, 1.82) is 0 Å². The summed E-state index contributed by atoms with van der Waals surface area (Å²) in [4.78, 5) is 18.1. The minimum atomic E-state index is 0.0231. The predicted octanol–water partition coefficient (Wildman–Crippen LogP) is 2.69. The van der Waals surface area contributed by atoms with Crippen LogP contribution in [0.2, 0.25) is 0 Å². The molecule has 3 rings (SSSR count). The third-order valence-corrected chi connectivity index (χ3v) is 4.01. The van der Waals surface area contributed by atoms with Crippen molar-refractivity contribution in [2.45, 2.75) is 25.8 Å². The van der Waals surface area contributed by atoms with Crippen LogP contribution in [0.3, 0.4) is 0 Å². The van der Waals surface area contributed by atoms with Crippen LogP contribution in [0, 0.1) is 6.92 Å². The summed E-state index contributed by atoms with van der Waals surface area (Å²) < 4.78 is 2.21. The zero-order valence-corrected chi connectivity index (χ0v) is 11.7. The number of aromatic nitrogens is 2. The lowest BCUT2D eigenvalue weighted by Crippen LogP contribution is -2.39. The summed E-state index contributed by atoms with van der Waals surface area (Å²) in [6.45, 7) is 7.21. The first-order chi connectivity index (χ1) is 9.69. The van der Waals surface area contributed by atoms with Gasteiger partial charge in [-0.3, -0.25) is 4.79 Å². The number of carbonyl (C=O) groups is 1. The van der Waals surface area contributed by atoms with E-state index in [1.165, 1.54) is 11.6 Å². The van der Waals surface area contributed by atoms with Gasteiger partial charge in [-0.2, -0.15) is 0 Å². The third kappa shape index (κ3) is 2.22. The first kappa shape index (κ1) is 12.9. The summed E-state index contributed by atoms with van der Waals surface area (Å²) in [5.41, 5.74) is 3.39. The average Bonchev–Trinajstić information content (AvgIpc) is 2.89. The van der Waals surface area contributed by atoms with Gasteiger partial charge in [0.2, 0.25) is 5.91 Å².